The molecule has 1 N–H and O–H groups in total. The first-order valence-corrected chi connectivity index (χ1v) is 5.85. The Morgan fingerprint density at radius 2 is 1.60 bits per heavy atom. The SMILES string of the molecule is O=S(=O)(Nc1ccc(Br)cc1)C(F)(F)F. The summed E-state index contributed by atoms with van der Waals surface area (Å²) in [6.07, 6.45) is 0. The number of benzene rings is 1. The zero-order chi connectivity index (χ0) is 11.7. The van der Waals surface area contributed by atoms with E-state index in [1.165, 1.54) is 29.0 Å². The Bertz CT molecular complexity index is 440. The molecule has 0 atom stereocenters. The lowest BCUT2D eigenvalue weighted by atomic mass is 10.3. The number of anilines is 1. The Labute approximate surface area is 92.5 Å². The van der Waals surface area contributed by atoms with E-state index < -0.39 is 15.5 Å². The molecule has 0 aliphatic carbocycles. The van der Waals surface area contributed by atoms with E-state index in [9.17, 15) is 21.6 Å². The van der Waals surface area contributed by atoms with Crippen molar-refractivity contribution in [3.63, 3.8) is 0 Å². The van der Waals surface area contributed by atoms with Gasteiger partial charge in [0.2, 0.25) is 0 Å². The van der Waals surface area contributed by atoms with Gasteiger partial charge >= 0.3 is 15.5 Å². The van der Waals surface area contributed by atoms with Gasteiger partial charge < -0.3 is 0 Å². The minimum absolute atomic E-state index is 0.143. The molecule has 1 aromatic carbocycles. The number of sulfonamides is 1. The second kappa shape index (κ2) is 4.01. The zero-order valence-corrected chi connectivity index (χ0v) is 9.45. The molecule has 0 amide bonds. The highest BCUT2D eigenvalue weighted by atomic mass is 79.9. The lowest BCUT2D eigenvalue weighted by Gasteiger charge is -2.10. The summed E-state index contributed by atoms with van der Waals surface area (Å²) in [6.45, 7) is 0. The van der Waals surface area contributed by atoms with Crippen molar-refractivity contribution in [2.75, 3.05) is 4.72 Å². The summed E-state index contributed by atoms with van der Waals surface area (Å²) in [4.78, 5) is 0. The average Bonchev–Trinajstić information content (AvgIpc) is 2.06. The van der Waals surface area contributed by atoms with Gasteiger partial charge in [-0.3, -0.25) is 4.72 Å². The van der Waals surface area contributed by atoms with E-state index in [0.717, 1.165) is 0 Å². The fourth-order valence-corrected chi connectivity index (χ4v) is 1.56. The molecule has 0 saturated heterocycles. The fraction of sp³-hybridized carbons (Fsp3) is 0.143. The van der Waals surface area contributed by atoms with Crippen molar-refractivity contribution in [3.8, 4) is 0 Å². The standard InChI is InChI=1S/C7H5BrF3NO2S/c8-5-1-3-6(4-2-5)12-15(13,14)7(9,10)11/h1-4,12H. The molecule has 3 nitrogen and oxygen atoms in total. The quantitative estimate of drug-likeness (QED) is 0.913. The molecule has 0 unspecified atom stereocenters. The predicted octanol–water partition coefficient (Wildman–Crippen LogP) is 2.71. The van der Waals surface area contributed by atoms with Crippen LogP contribution in [0.25, 0.3) is 0 Å². The highest BCUT2D eigenvalue weighted by Gasteiger charge is 2.45. The van der Waals surface area contributed by atoms with E-state index in [0.29, 0.717) is 4.47 Å². The Balaban J connectivity index is 2.93. The lowest BCUT2D eigenvalue weighted by molar-refractivity contribution is -0.0429. The van der Waals surface area contributed by atoms with Crippen LogP contribution in [0.1, 0.15) is 0 Å². The molecule has 1 aromatic rings. The van der Waals surface area contributed by atoms with Crippen LogP contribution >= 0.6 is 15.9 Å². The van der Waals surface area contributed by atoms with Gasteiger partial charge in [0.25, 0.3) is 0 Å². The molecule has 1 rings (SSSR count). The fourth-order valence-electron chi connectivity index (χ4n) is 0.731. The second-order valence-electron chi connectivity index (χ2n) is 2.56. The van der Waals surface area contributed by atoms with Crippen molar-refractivity contribution in [2.45, 2.75) is 5.51 Å². The van der Waals surface area contributed by atoms with Gasteiger partial charge in [-0.25, -0.2) is 0 Å². The van der Waals surface area contributed by atoms with E-state index in [-0.39, 0.29) is 5.69 Å². The van der Waals surface area contributed by atoms with E-state index in [4.69, 9.17) is 0 Å². The van der Waals surface area contributed by atoms with Crippen molar-refractivity contribution in [1.82, 2.24) is 0 Å². The summed E-state index contributed by atoms with van der Waals surface area (Å²) >= 11 is 3.07. The summed E-state index contributed by atoms with van der Waals surface area (Å²) in [5.74, 6) is 0. The van der Waals surface area contributed by atoms with Crippen LogP contribution in [0.4, 0.5) is 18.9 Å². The number of hydrogen-bond donors (Lipinski definition) is 1. The Morgan fingerprint density at radius 1 is 1.13 bits per heavy atom. The van der Waals surface area contributed by atoms with Crippen molar-refractivity contribution in [1.29, 1.82) is 0 Å². The summed E-state index contributed by atoms with van der Waals surface area (Å²) in [6, 6.07) is 5.28. The number of nitrogens with one attached hydrogen (secondary N) is 1. The van der Waals surface area contributed by atoms with Crippen molar-refractivity contribution >= 4 is 31.6 Å². The third kappa shape index (κ3) is 3.10. The molecule has 0 saturated carbocycles. The van der Waals surface area contributed by atoms with Crippen LogP contribution in [0.5, 0.6) is 0 Å². The molecule has 84 valence electrons. The van der Waals surface area contributed by atoms with Crippen molar-refractivity contribution in [2.24, 2.45) is 0 Å². The molecule has 0 heterocycles. The van der Waals surface area contributed by atoms with Gasteiger partial charge in [0.05, 0.1) is 0 Å². The highest BCUT2D eigenvalue weighted by molar-refractivity contribution is 9.10. The molecule has 0 bridgehead atoms. The van der Waals surface area contributed by atoms with Crippen LogP contribution < -0.4 is 4.72 Å². The van der Waals surface area contributed by atoms with Gasteiger partial charge in [0, 0.05) is 10.2 Å². The first kappa shape index (κ1) is 12.3. The van der Waals surface area contributed by atoms with Crippen LogP contribution in [0.15, 0.2) is 28.7 Å². The monoisotopic (exact) mass is 303 g/mol. The van der Waals surface area contributed by atoms with Crippen LogP contribution in [0.2, 0.25) is 0 Å². The number of rotatable bonds is 2. The van der Waals surface area contributed by atoms with Crippen LogP contribution in [0.3, 0.4) is 0 Å². The predicted molar refractivity (Wildman–Crippen MR) is 52.7 cm³/mol. The molecular weight excluding hydrogens is 299 g/mol. The molecular formula is C7H5BrF3NO2S. The molecule has 0 aliphatic heterocycles. The summed E-state index contributed by atoms with van der Waals surface area (Å²) in [5, 5.41) is 0. The number of halogens is 4. The minimum atomic E-state index is -5.33. The molecule has 15 heavy (non-hydrogen) atoms. The lowest BCUT2D eigenvalue weighted by Crippen LogP contribution is -2.29. The molecule has 0 aliphatic rings. The Hall–Kier alpha value is -0.760. The average molecular weight is 304 g/mol. The largest absolute Gasteiger partial charge is 0.516 e. The Kier molecular flexibility index (Phi) is 3.29. The van der Waals surface area contributed by atoms with Gasteiger partial charge in [0.15, 0.2) is 0 Å². The van der Waals surface area contributed by atoms with Crippen LogP contribution in [-0.2, 0) is 10.0 Å². The van der Waals surface area contributed by atoms with Crippen LogP contribution in [-0.4, -0.2) is 13.9 Å². The minimum Gasteiger partial charge on any atom is -0.276 e. The third-order valence-corrected chi connectivity index (χ3v) is 3.04. The molecule has 8 heteroatoms. The van der Waals surface area contributed by atoms with Gasteiger partial charge in [-0.05, 0) is 24.3 Å². The number of hydrogen-bond acceptors (Lipinski definition) is 2. The normalized spacial score (nSPS) is 12.5. The van der Waals surface area contributed by atoms with Gasteiger partial charge in [-0.2, -0.15) is 21.6 Å². The van der Waals surface area contributed by atoms with Crippen LogP contribution in [0, 0.1) is 0 Å². The van der Waals surface area contributed by atoms with E-state index in [2.05, 4.69) is 15.9 Å². The first-order chi connectivity index (χ1) is 6.72. The van der Waals surface area contributed by atoms with Crippen molar-refractivity contribution < 1.29 is 21.6 Å². The van der Waals surface area contributed by atoms with E-state index in [1.807, 2.05) is 0 Å². The summed E-state index contributed by atoms with van der Waals surface area (Å²) < 4.78 is 59.2. The molecule has 0 radical (unpaired) electrons. The summed E-state index contributed by atoms with van der Waals surface area (Å²) in [7, 11) is -5.33. The maximum Gasteiger partial charge on any atom is 0.516 e. The molecule has 0 fully saturated rings. The highest BCUT2D eigenvalue weighted by Crippen LogP contribution is 2.25. The molecule has 0 aromatic heterocycles. The third-order valence-electron chi connectivity index (χ3n) is 1.40. The second-order valence-corrected chi connectivity index (χ2v) is 5.15. The topological polar surface area (TPSA) is 46.2 Å². The van der Waals surface area contributed by atoms with E-state index in [1.54, 1.807) is 0 Å². The van der Waals surface area contributed by atoms with E-state index >= 15 is 0 Å². The van der Waals surface area contributed by atoms with Gasteiger partial charge in [-0.1, -0.05) is 15.9 Å². The number of alkyl halides is 3. The molecule has 0 spiro atoms. The van der Waals surface area contributed by atoms with Gasteiger partial charge in [-0.15, -0.1) is 0 Å². The maximum absolute atomic E-state index is 11.9. The maximum atomic E-state index is 11.9. The summed E-state index contributed by atoms with van der Waals surface area (Å²) in [5.41, 5.74) is -5.45. The first-order valence-electron chi connectivity index (χ1n) is 3.57. The zero-order valence-electron chi connectivity index (χ0n) is 7.05. The smallest absolute Gasteiger partial charge is 0.276 e. The van der Waals surface area contributed by atoms with Gasteiger partial charge in [0.1, 0.15) is 0 Å². The van der Waals surface area contributed by atoms with Crippen molar-refractivity contribution in [3.05, 3.63) is 28.7 Å². The Morgan fingerprint density at radius 3 is 2.00 bits per heavy atom.